The van der Waals surface area contributed by atoms with Gasteiger partial charge in [-0.25, -0.2) is 0 Å². The van der Waals surface area contributed by atoms with E-state index in [0.29, 0.717) is 17.9 Å². The van der Waals surface area contributed by atoms with E-state index in [-0.39, 0.29) is 0 Å². The van der Waals surface area contributed by atoms with Crippen LogP contribution in [-0.4, -0.2) is 11.0 Å². The lowest BCUT2D eigenvalue weighted by molar-refractivity contribution is 0.628. The van der Waals surface area contributed by atoms with E-state index in [1.54, 1.807) is 0 Å². The summed E-state index contributed by atoms with van der Waals surface area (Å²) in [6.45, 7) is 2.08. The fourth-order valence-corrected chi connectivity index (χ4v) is 1.73. The molecule has 1 heterocycles. The molecule has 0 bridgehead atoms. The lowest BCUT2D eigenvalue weighted by atomic mass is 10.1. The molecular formula is C10H14N2. The Labute approximate surface area is 72.8 Å². The summed E-state index contributed by atoms with van der Waals surface area (Å²) in [7, 11) is 0. The van der Waals surface area contributed by atoms with Crippen LogP contribution in [-0.2, 0) is 0 Å². The van der Waals surface area contributed by atoms with Crippen molar-refractivity contribution >= 4 is 0 Å². The molecule has 2 nitrogen and oxygen atoms in total. The molecule has 1 saturated carbocycles. The van der Waals surface area contributed by atoms with Gasteiger partial charge in [-0.15, -0.1) is 0 Å². The Morgan fingerprint density at radius 1 is 1.58 bits per heavy atom. The largest absolute Gasteiger partial charge is 0.328 e. The first-order valence-corrected chi connectivity index (χ1v) is 4.45. The van der Waals surface area contributed by atoms with Gasteiger partial charge >= 0.3 is 0 Å². The second-order valence-corrected chi connectivity index (χ2v) is 3.62. The Kier molecular flexibility index (Phi) is 1.85. The minimum absolute atomic E-state index is 0.317. The molecule has 0 aliphatic heterocycles. The summed E-state index contributed by atoms with van der Waals surface area (Å²) in [5.74, 6) is 1.30. The van der Waals surface area contributed by atoms with Gasteiger partial charge in [-0.05, 0) is 31.4 Å². The molecule has 12 heavy (non-hydrogen) atoms. The highest BCUT2D eigenvalue weighted by Crippen LogP contribution is 2.47. The number of hydrogen-bond donors (Lipinski definition) is 1. The monoisotopic (exact) mass is 162 g/mol. The standard InChI is InChI=1S/C10H14N2/c1-7(11)8-6-9(8)10-4-2-3-5-12-10/h2-5,7-9H,6,11H2,1H3. The second kappa shape index (κ2) is 2.87. The summed E-state index contributed by atoms with van der Waals surface area (Å²) < 4.78 is 0. The molecule has 64 valence electrons. The molecule has 0 spiro atoms. The summed E-state index contributed by atoms with van der Waals surface area (Å²) in [4.78, 5) is 4.32. The maximum Gasteiger partial charge on any atom is 0.0437 e. The van der Waals surface area contributed by atoms with Crippen LogP contribution in [0.4, 0.5) is 0 Å². The van der Waals surface area contributed by atoms with Crippen LogP contribution in [0.1, 0.15) is 25.0 Å². The van der Waals surface area contributed by atoms with Crippen LogP contribution in [0.2, 0.25) is 0 Å². The first-order valence-electron chi connectivity index (χ1n) is 4.45. The molecule has 0 radical (unpaired) electrons. The first-order chi connectivity index (χ1) is 5.79. The van der Waals surface area contributed by atoms with E-state index in [9.17, 15) is 0 Å². The van der Waals surface area contributed by atoms with Gasteiger partial charge in [-0.1, -0.05) is 6.07 Å². The smallest absolute Gasteiger partial charge is 0.0437 e. The lowest BCUT2D eigenvalue weighted by Gasteiger charge is -2.02. The van der Waals surface area contributed by atoms with E-state index in [0.717, 1.165) is 0 Å². The third-order valence-electron chi connectivity index (χ3n) is 2.58. The van der Waals surface area contributed by atoms with Gasteiger partial charge in [-0.2, -0.15) is 0 Å². The zero-order chi connectivity index (χ0) is 8.55. The van der Waals surface area contributed by atoms with Crippen LogP contribution in [0, 0.1) is 5.92 Å². The topological polar surface area (TPSA) is 38.9 Å². The van der Waals surface area contributed by atoms with Gasteiger partial charge in [0.15, 0.2) is 0 Å². The van der Waals surface area contributed by atoms with Crippen molar-refractivity contribution < 1.29 is 0 Å². The van der Waals surface area contributed by atoms with E-state index in [1.165, 1.54) is 12.1 Å². The minimum atomic E-state index is 0.317. The van der Waals surface area contributed by atoms with Crippen molar-refractivity contribution in [3.63, 3.8) is 0 Å². The summed E-state index contributed by atoms with van der Waals surface area (Å²) in [5.41, 5.74) is 7.01. The Balaban J connectivity index is 2.06. The molecule has 0 saturated heterocycles. The molecule has 0 aromatic carbocycles. The van der Waals surface area contributed by atoms with E-state index in [1.807, 2.05) is 18.3 Å². The van der Waals surface area contributed by atoms with Crippen LogP contribution in [0.15, 0.2) is 24.4 Å². The molecule has 1 aliphatic carbocycles. The summed E-state index contributed by atoms with van der Waals surface area (Å²) in [6, 6.07) is 6.40. The van der Waals surface area contributed by atoms with Gasteiger partial charge in [0.05, 0.1) is 0 Å². The van der Waals surface area contributed by atoms with Crippen molar-refractivity contribution in [3.8, 4) is 0 Å². The van der Waals surface area contributed by atoms with Crippen LogP contribution in [0.5, 0.6) is 0 Å². The van der Waals surface area contributed by atoms with E-state index in [2.05, 4.69) is 18.0 Å². The number of nitrogens with two attached hydrogens (primary N) is 1. The van der Waals surface area contributed by atoms with Crippen LogP contribution < -0.4 is 5.73 Å². The van der Waals surface area contributed by atoms with E-state index < -0.39 is 0 Å². The normalized spacial score (nSPS) is 29.8. The molecule has 2 heteroatoms. The quantitative estimate of drug-likeness (QED) is 0.716. The van der Waals surface area contributed by atoms with Gasteiger partial charge in [0.25, 0.3) is 0 Å². The molecule has 0 amide bonds. The molecule has 1 aliphatic rings. The third-order valence-corrected chi connectivity index (χ3v) is 2.58. The Hall–Kier alpha value is -0.890. The number of hydrogen-bond acceptors (Lipinski definition) is 2. The molecular weight excluding hydrogens is 148 g/mol. The Morgan fingerprint density at radius 3 is 2.92 bits per heavy atom. The van der Waals surface area contributed by atoms with Gasteiger partial charge in [0.1, 0.15) is 0 Å². The maximum absolute atomic E-state index is 5.80. The first kappa shape index (κ1) is 7.74. The number of rotatable bonds is 2. The predicted octanol–water partition coefficient (Wildman–Crippen LogP) is 1.53. The summed E-state index contributed by atoms with van der Waals surface area (Å²) in [5, 5.41) is 0. The molecule has 3 atom stereocenters. The Bertz CT molecular complexity index is 256. The van der Waals surface area contributed by atoms with Crippen molar-refractivity contribution in [3.05, 3.63) is 30.1 Å². The number of nitrogens with zero attached hydrogens (tertiary/aromatic N) is 1. The molecule has 1 fully saturated rings. The SMILES string of the molecule is CC(N)C1CC1c1ccccn1. The Morgan fingerprint density at radius 2 is 2.42 bits per heavy atom. The second-order valence-electron chi connectivity index (χ2n) is 3.62. The highest BCUT2D eigenvalue weighted by Gasteiger charge is 2.41. The molecule has 3 unspecified atom stereocenters. The maximum atomic E-state index is 5.80. The van der Waals surface area contributed by atoms with E-state index >= 15 is 0 Å². The van der Waals surface area contributed by atoms with E-state index in [4.69, 9.17) is 5.73 Å². The van der Waals surface area contributed by atoms with Gasteiger partial charge < -0.3 is 5.73 Å². The highest BCUT2D eigenvalue weighted by atomic mass is 14.7. The molecule has 1 aromatic heterocycles. The van der Waals surface area contributed by atoms with Crippen molar-refractivity contribution in [1.82, 2.24) is 4.98 Å². The van der Waals surface area contributed by atoms with Crippen LogP contribution in [0.3, 0.4) is 0 Å². The zero-order valence-electron chi connectivity index (χ0n) is 7.27. The van der Waals surface area contributed by atoms with Gasteiger partial charge in [-0.3, -0.25) is 4.98 Å². The zero-order valence-corrected chi connectivity index (χ0v) is 7.27. The summed E-state index contributed by atoms with van der Waals surface area (Å²) in [6.07, 6.45) is 3.07. The molecule has 1 aromatic rings. The van der Waals surface area contributed by atoms with Crippen molar-refractivity contribution in [2.24, 2.45) is 11.7 Å². The van der Waals surface area contributed by atoms with Crippen LogP contribution >= 0.6 is 0 Å². The van der Waals surface area contributed by atoms with Gasteiger partial charge in [0.2, 0.25) is 0 Å². The molecule has 2 N–H and O–H groups in total. The fourth-order valence-electron chi connectivity index (χ4n) is 1.73. The van der Waals surface area contributed by atoms with Crippen molar-refractivity contribution in [2.45, 2.75) is 25.3 Å². The number of aromatic nitrogens is 1. The minimum Gasteiger partial charge on any atom is -0.328 e. The van der Waals surface area contributed by atoms with Crippen LogP contribution in [0.25, 0.3) is 0 Å². The number of pyridine rings is 1. The summed E-state index contributed by atoms with van der Waals surface area (Å²) >= 11 is 0. The third kappa shape index (κ3) is 1.34. The average molecular weight is 162 g/mol. The van der Waals surface area contributed by atoms with Gasteiger partial charge in [0, 0.05) is 23.9 Å². The average Bonchev–Trinajstić information content (AvgIpc) is 2.84. The lowest BCUT2D eigenvalue weighted by Crippen LogP contribution is -2.18. The fraction of sp³-hybridized carbons (Fsp3) is 0.500. The van der Waals surface area contributed by atoms with Crippen molar-refractivity contribution in [1.29, 1.82) is 0 Å². The predicted molar refractivity (Wildman–Crippen MR) is 48.7 cm³/mol. The highest BCUT2D eigenvalue weighted by molar-refractivity contribution is 5.18. The molecule has 2 rings (SSSR count). The van der Waals surface area contributed by atoms with Crippen molar-refractivity contribution in [2.75, 3.05) is 0 Å².